The molecule has 5 rings (SSSR count). The summed E-state index contributed by atoms with van der Waals surface area (Å²) in [5, 5.41) is 3.65. The third kappa shape index (κ3) is 2.01. The summed E-state index contributed by atoms with van der Waals surface area (Å²) in [6.07, 6.45) is 0. The van der Waals surface area contributed by atoms with Crippen LogP contribution in [-0.2, 0) is 7.05 Å². The zero-order valence-corrected chi connectivity index (χ0v) is 14.3. The van der Waals surface area contributed by atoms with Crippen LogP contribution < -0.4 is 4.57 Å². The van der Waals surface area contributed by atoms with Gasteiger partial charge in [0.2, 0.25) is 5.69 Å². The SMILES string of the molecule is Cc1ccccc1-c1ccc2oc3ccc4ccccc4c3c2[n+]1C. The molecule has 2 heteroatoms. The average Bonchev–Trinajstić information content (AvgIpc) is 3.03. The molecule has 0 unspecified atom stereocenters. The molecule has 0 bridgehead atoms. The second kappa shape index (κ2) is 5.18. The van der Waals surface area contributed by atoms with Crippen LogP contribution in [0.1, 0.15) is 5.56 Å². The fraction of sp³-hybridized carbons (Fsp3) is 0.0870. The van der Waals surface area contributed by atoms with Crippen molar-refractivity contribution in [2.24, 2.45) is 7.05 Å². The van der Waals surface area contributed by atoms with Crippen molar-refractivity contribution in [3.05, 3.63) is 78.4 Å². The van der Waals surface area contributed by atoms with Crippen LogP contribution in [0.5, 0.6) is 0 Å². The van der Waals surface area contributed by atoms with Gasteiger partial charge in [-0.15, -0.1) is 0 Å². The van der Waals surface area contributed by atoms with Crippen LogP contribution in [0, 0.1) is 6.92 Å². The third-order valence-corrected chi connectivity index (χ3v) is 5.09. The Morgan fingerprint density at radius 2 is 1.52 bits per heavy atom. The van der Waals surface area contributed by atoms with E-state index in [4.69, 9.17) is 4.42 Å². The van der Waals surface area contributed by atoms with E-state index in [1.807, 2.05) is 0 Å². The molecule has 0 amide bonds. The van der Waals surface area contributed by atoms with Gasteiger partial charge in [-0.25, -0.2) is 0 Å². The number of furan rings is 1. The van der Waals surface area contributed by atoms with Crippen LogP contribution in [-0.4, -0.2) is 0 Å². The summed E-state index contributed by atoms with van der Waals surface area (Å²) in [6.45, 7) is 2.16. The zero-order valence-electron chi connectivity index (χ0n) is 14.3. The maximum absolute atomic E-state index is 6.14. The summed E-state index contributed by atoms with van der Waals surface area (Å²) in [5.41, 5.74) is 6.72. The summed E-state index contributed by atoms with van der Waals surface area (Å²) in [6, 6.07) is 25.4. The number of aromatic nitrogens is 1. The Morgan fingerprint density at radius 3 is 2.40 bits per heavy atom. The Bertz CT molecular complexity index is 1260. The highest BCUT2D eigenvalue weighted by molar-refractivity contribution is 6.16. The monoisotopic (exact) mass is 324 g/mol. The normalized spacial score (nSPS) is 11.6. The van der Waals surface area contributed by atoms with Crippen molar-refractivity contribution in [1.82, 2.24) is 0 Å². The van der Waals surface area contributed by atoms with E-state index in [0.29, 0.717) is 0 Å². The van der Waals surface area contributed by atoms with Crippen molar-refractivity contribution in [1.29, 1.82) is 0 Å². The van der Waals surface area contributed by atoms with E-state index >= 15 is 0 Å². The maximum Gasteiger partial charge on any atom is 0.260 e. The van der Waals surface area contributed by atoms with Gasteiger partial charge in [-0.05, 0) is 41.5 Å². The first-order chi connectivity index (χ1) is 12.2. The molecule has 2 nitrogen and oxygen atoms in total. The Labute approximate surface area is 145 Å². The molecule has 3 aromatic carbocycles. The van der Waals surface area contributed by atoms with Gasteiger partial charge in [-0.1, -0.05) is 48.5 Å². The number of hydrogen-bond acceptors (Lipinski definition) is 1. The van der Waals surface area contributed by atoms with Crippen LogP contribution >= 0.6 is 0 Å². The van der Waals surface area contributed by atoms with E-state index < -0.39 is 0 Å². The summed E-state index contributed by atoms with van der Waals surface area (Å²) in [4.78, 5) is 0. The second-order valence-electron chi connectivity index (χ2n) is 6.57. The van der Waals surface area contributed by atoms with Crippen molar-refractivity contribution < 1.29 is 8.98 Å². The minimum Gasteiger partial charge on any atom is -0.449 e. The van der Waals surface area contributed by atoms with Gasteiger partial charge in [0.05, 0.1) is 0 Å². The van der Waals surface area contributed by atoms with Crippen LogP contribution in [0.3, 0.4) is 0 Å². The lowest BCUT2D eigenvalue weighted by Crippen LogP contribution is -2.31. The predicted octanol–water partition coefficient (Wildman–Crippen LogP) is 5.54. The molecule has 25 heavy (non-hydrogen) atoms. The summed E-state index contributed by atoms with van der Waals surface area (Å²) < 4.78 is 8.40. The van der Waals surface area contributed by atoms with Gasteiger partial charge in [0.15, 0.2) is 5.58 Å². The van der Waals surface area contributed by atoms with E-state index in [9.17, 15) is 0 Å². The Balaban J connectivity index is 1.96. The predicted molar refractivity (Wildman–Crippen MR) is 103 cm³/mol. The molecule has 2 aromatic heterocycles. The lowest BCUT2D eigenvalue weighted by molar-refractivity contribution is -0.632. The molecule has 2 heterocycles. The van der Waals surface area contributed by atoms with Gasteiger partial charge in [0, 0.05) is 11.6 Å². The van der Waals surface area contributed by atoms with Crippen LogP contribution in [0.25, 0.3) is 44.1 Å². The topological polar surface area (TPSA) is 17.0 Å². The molecule has 0 aliphatic carbocycles. The van der Waals surface area contributed by atoms with Crippen molar-refractivity contribution in [3.63, 3.8) is 0 Å². The first kappa shape index (κ1) is 14.2. The molecule has 0 radical (unpaired) electrons. The van der Waals surface area contributed by atoms with Crippen molar-refractivity contribution in [2.45, 2.75) is 6.92 Å². The molecular weight excluding hydrogens is 306 g/mol. The molecular formula is C23H18NO+. The van der Waals surface area contributed by atoms with E-state index in [1.165, 1.54) is 33.0 Å². The lowest BCUT2D eigenvalue weighted by atomic mass is 10.0. The van der Waals surface area contributed by atoms with Crippen LogP contribution in [0.15, 0.2) is 77.2 Å². The first-order valence-electron chi connectivity index (χ1n) is 8.53. The molecule has 0 N–H and O–H groups in total. The molecule has 0 aliphatic rings. The van der Waals surface area contributed by atoms with Gasteiger partial charge in [-0.3, -0.25) is 0 Å². The number of hydrogen-bond donors (Lipinski definition) is 0. The van der Waals surface area contributed by atoms with Gasteiger partial charge in [0.25, 0.3) is 5.52 Å². The minimum absolute atomic E-state index is 0.922. The maximum atomic E-state index is 6.14. The molecule has 5 aromatic rings. The number of rotatable bonds is 1. The molecule has 0 saturated heterocycles. The largest absolute Gasteiger partial charge is 0.449 e. The molecule has 0 saturated carbocycles. The Kier molecular flexibility index (Phi) is 2.95. The van der Waals surface area contributed by atoms with E-state index in [-0.39, 0.29) is 0 Å². The number of pyridine rings is 1. The van der Waals surface area contributed by atoms with Gasteiger partial charge in [0.1, 0.15) is 18.0 Å². The number of nitrogens with zero attached hydrogens (tertiary/aromatic N) is 1. The first-order valence-corrected chi connectivity index (χ1v) is 8.53. The Hall–Kier alpha value is -3.13. The average molecular weight is 324 g/mol. The third-order valence-electron chi connectivity index (χ3n) is 5.09. The fourth-order valence-corrected chi connectivity index (χ4v) is 3.83. The van der Waals surface area contributed by atoms with Gasteiger partial charge in [-0.2, -0.15) is 4.57 Å². The Morgan fingerprint density at radius 1 is 0.760 bits per heavy atom. The van der Waals surface area contributed by atoms with Crippen molar-refractivity contribution in [2.75, 3.05) is 0 Å². The fourth-order valence-electron chi connectivity index (χ4n) is 3.83. The molecule has 0 aliphatic heterocycles. The molecule has 120 valence electrons. The van der Waals surface area contributed by atoms with Crippen molar-refractivity contribution >= 4 is 32.8 Å². The number of fused-ring (bicyclic) bond motifs is 5. The minimum atomic E-state index is 0.922. The van der Waals surface area contributed by atoms with Crippen molar-refractivity contribution in [3.8, 4) is 11.3 Å². The summed E-state index contributed by atoms with van der Waals surface area (Å²) in [7, 11) is 2.13. The van der Waals surface area contributed by atoms with E-state index in [2.05, 4.69) is 91.3 Å². The molecule has 0 atom stereocenters. The smallest absolute Gasteiger partial charge is 0.260 e. The van der Waals surface area contributed by atoms with E-state index in [0.717, 1.165) is 16.7 Å². The quantitative estimate of drug-likeness (QED) is 0.370. The van der Waals surface area contributed by atoms with Gasteiger partial charge < -0.3 is 4.42 Å². The van der Waals surface area contributed by atoms with Gasteiger partial charge >= 0.3 is 0 Å². The molecule has 0 fully saturated rings. The van der Waals surface area contributed by atoms with Crippen LogP contribution in [0.4, 0.5) is 0 Å². The lowest BCUT2D eigenvalue weighted by Gasteiger charge is -2.04. The molecule has 0 spiro atoms. The highest BCUT2D eigenvalue weighted by atomic mass is 16.3. The standard InChI is InChI=1S/C23H18NO/c1-15-7-3-5-9-17(15)19-12-14-21-23(24(19)2)22-18-10-6-4-8-16(18)11-13-20(22)25-21/h3-14H,1-2H3/q+1. The summed E-state index contributed by atoms with van der Waals surface area (Å²) >= 11 is 0. The summed E-state index contributed by atoms with van der Waals surface area (Å²) in [5.74, 6) is 0. The number of aryl methyl sites for hydroxylation is 2. The van der Waals surface area contributed by atoms with E-state index in [1.54, 1.807) is 0 Å². The number of benzene rings is 3. The van der Waals surface area contributed by atoms with Crippen LogP contribution in [0.2, 0.25) is 0 Å². The zero-order chi connectivity index (χ0) is 17.0. The highest BCUT2D eigenvalue weighted by Crippen LogP contribution is 2.34. The second-order valence-corrected chi connectivity index (χ2v) is 6.57. The highest BCUT2D eigenvalue weighted by Gasteiger charge is 2.22.